The summed E-state index contributed by atoms with van der Waals surface area (Å²) in [5.74, 6) is 0. The van der Waals surface area contributed by atoms with Crippen LogP contribution in [0.15, 0.2) is 59.2 Å². The fourth-order valence-electron chi connectivity index (χ4n) is 2.81. The number of aromatic nitrogens is 2. The first kappa shape index (κ1) is 13.8. The van der Waals surface area contributed by atoms with Crippen molar-refractivity contribution in [3.05, 3.63) is 64.2 Å². The molecule has 0 saturated heterocycles. The Kier molecular flexibility index (Phi) is 3.21. The molecule has 2 aromatic carbocycles. The summed E-state index contributed by atoms with van der Waals surface area (Å²) < 4.78 is 3.20. The summed E-state index contributed by atoms with van der Waals surface area (Å²) in [6.07, 6.45) is 2.13. The van der Waals surface area contributed by atoms with E-state index in [1.54, 1.807) is 0 Å². The van der Waals surface area contributed by atoms with E-state index in [1.165, 1.54) is 10.9 Å². The van der Waals surface area contributed by atoms with Gasteiger partial charge in [-0.05, 0) is 42.5 Å². The van der Waals surface area contributed by atoms with Gasteiger partial charge in [0.05, 0.1) is 11.2 Å². The molecule has 0 atom stereocenters. The van der Waals surface area contributed by atoms with Gasteiger partial charge in [0.15, 0.2) is 0 Å². The predicted octanol–water partition coefficient (Wildman–Crippen LogP) is 5.81. The predicted molar refractivity (Wildman–Crippen MR) is 96.4 cm³/mol. The minimum absolute atomic E-state index is 0.733. The highest BCUT2D eigenvalue weighted by molar-refractivity contribution is 9.10. The largest absolute Gasteiger partial charge is 0.350 e. The van der Waals surface area contributed by atoms with Gasteiger partial charge in [-0.1, -0.05) is 33.6 Å². The lowest BCUT2D eigenvalue weighted by Crippen LogP contribution is -1.85. The van der Waals surface area contributed by atoms with Crippen molar-refractivity contribution in [2.45, 2.75) is 0 Å². The average Bonchev–Trinajstić information content (AvgIpc) is 2.83. The molecule has 0 aliphatic carbocycles. The van der Waals surface area contributed by atoms with Crippen LogP contribution in [0.3, 0.4) is 0 Å². The zero-order valence-corrected chi connectivity index (χ0v) is 14.2. The van der Waals surface area contributed by atoms with Crippen LogP contribution in [0.4, 0.5) is 0 Å². The minimum Gasteiger partial charge on any atom is -0.350 e. The van der Waals surface area contributed by atoms with Crippen molar-refractivity contribution >= 4 is 49.3 Å². The van der Waals surface area contributed by atoms with Crippen LogP contribution in [0.1, 0.15) is 0 Å². The Morgan fingerprint density at radius 3 is 2.77 bits per heavy atom. The summed E-state index contributed by atoms with van der Waals surface area (Å²) in [6.45, 7) is 0. The Labute approximate surface area is 141 Å². The first-order valence-corrected chi connectivity index (χ1v) is 8.10. The highest BCUT2D eigenvalue weighted by Gasteiger charge is 2.11. The zero-order valence-electron chi connectivity index (χ0n) is 11.8. The molecular weight excluding hydrogens is 360 g/mol. The molecule has 0 unspecified atom stereocenters. The molecule has 4 rings (SSSR count). The number of fused-ring (bicyclic) bond motifs is 2. The van der Waals surface area contributed by atoms with Crippen molar-refractivity contribution in [2.75, 3.05) is 0 Å². The molecule has 0 spiro atoms. The third-order valence-electron chi connectivity index (χ3n) is 3.88. The number of halogens is 2. The monoisotopic (exact) mass is 370 g/mol. The third-order valence-corrected chi connectivity index (χ3v) is 4.61. The van der Waals surface area contributed by atoms with E-state index in [9.17, 15) is 0 Å². The quantitative estimate of drug-likeness (QED) is 0.413. The van der Waals surface area contributed by atoms with Gasteiger partial charge in [0.25, 0.3) is 0 Å². The van der Waals surface area contributed by atoms with Crippen LogP contribution < -0.4 is 0 Å². The van der Waals surface area contributed by atoms with Crippen LogP contribution >= 0.6 is 27.5 Å². The Bertz CT molecular complexity index is 1020. The van der Waals surface area contributed by atoms with E-state index in [0.29, 0.717) is 0 Å². The van der Waals surface area contributed by atoms with Crippen LogP contribution in [0.25, 0.3) is 33.1 Å². The number of benzene rings is 2. The van der Waals surface area contributed by atoms with Crippen molar-refractivity contribution in [1.29, 1.82) is 0 Å². The van der Waals surface area contributed by atoms with Gasteiger partial charge in [-0.15, -0.1) is 0 Å². The van der Waals surface area contributed by atoms with Gasteiger partial charge in [-0.2, -0.15) is 0 Å². The lowest BCUT2D eigenvalue weighted by atomic mass is 10.1. The Hall–Kier alpha value is -1.84. The lowest BCUT2D eigenvalue weighted by molar-refractivity contribution is 0.969. The van der Waals surface area contributed by atoms with E-state index in [1.807, 2.05) is 24.3 Å². The number of nitrogens with zero attached hydrogens (tertiary/aromatic N) is 2. The standard InChI is InChI=1S/C18H12BrClN2/c1-22-10-15(14-9-12(19)3-7-18(14)22)17-5-2-11-8-13(20)4-6-16(11)21-17/h2-10H,1H3. The van der Waals surface area contributed by atoms with Crippen LogP contribution in [-0.4, -0.2) is 9.55 Å². The molecule has 4 aromatic rings. The highest BCUT2D eigenvalue weighted by Crippen LogP contribution is 2.32. The molecule has 0 amide bonds. The van der Waals surface area contributed by atoms with Gasteiger partial charge in [-0.25, -0.2) is 4.98 Å². The number of hydrogen-bond acceptors (Lipinski definition) is 1. The van der Waals surface area contributed by atoms with Gasteiger partial charge < -0.3 is 4.57 Å². The highest BCUT2D eigenvalue weighted by atomic mass is 79.9. The van der Waals surface area contributed by atoms with E-state index in [-0.39, 0.29) is 0 Å². The van der Waals surface area contributed by atoms with Crippen molar-refractivity contribution < 1.29 is 0 Å². The molecular formula is C18H12BrClN2. The fraction of sp³-hybridized carbons (Fsp3) is 0.0556. The maximum absolute atomic E-state index is 6.04. The van der Waals surface area contributed by atoms with E-state index in [4.69, 9.17) is 16.6 Å². The summed E-state index contributed by atoms with van der Waals surface area (Å²) in [5.41, 5.74) is 4.25. The summed E-state index contributed by atoms with van der Waals surface area (Å²) in [4.78, 5) is 4.79. The van der Waals surface area contributed by atoms with Gasteiger partial charge >= 0.3 is 0 Å². The Morgan fingerprint density at radius 1 is 1.05 bits per heavy atom. The maximum Gasteiger partial charge on any atom is 0.0731 e. The van der Waals surface area contributed by atoms with Gasteiger partial charge in [-0.3, -0.25) is 0 Å². The number of aryl methyl sites for hydroxylation is 1. The Balaban J connectivity index is 1.98. The van der Waals surface area contributed by atoms with E-state index in [2.05, 4.69) is 58.0 Å². The van der Waals surface area contributed by atoms with E-state index >= 15 is 0 Å². The summed E-state index contributed by atoms with van der Waals surface area (Å²) in [5, 5.41) is 2.98. The van der Waals surface area contributed by atoms with Gasteiger partial charge in [0, 0.05) is 44.6 Å². The smallest absolute Gasteiger partial charge is 0.0731 e. The van der Waals surface area contributed by atoms with Crippen molar-refractivity contribution in [1.82, 2.24) is 9.55 Å². The van der Waals surface area contributed by atoms with Crippen LogP contribution in [0, 0.1) is 0 Å². The van der Waals surface area contributed by atoms with Crippen LogP contribution in [0.2, 0.25) is 5.02 Å². The Morgan fingerprint density at radius 2 is 1.91 bits per heavy atom. The number of hydrogen-bond donors (Lipinski definition) is 0. The average molecular weight is 372 g/mol. The maximum atomic E-state index is 6.04. The molecule has 0 radical (unpaired) electrons. The van der Waals surface area contributed by atoms with Crippen molar-refractivity contribution in [3.63, 3.8) is 0 Å². The van der Waals surface area contributed by atoms with E-state index < -0.39 is 0 Å². The second-order valence-electron chi connectivity index (χ2n) is 5.35. The minimum atomic E-state index is 0.733. The van der Waals surface area contributed by atoms with Crippen molar-refractivity contribution in [3.8, 4) is 11.3 Å². The number of rotatable bonds is 1. The number of pyridine rings is 1. The molecule has 0 aliphatic heterocycles. The molecule has 0 fully saturated rings. The lowest BCUT2D eigenvalue weighted by Gasteiger charge is -2.03. The molecule has 0 bridgehead atoms. The molecule has 4 heteroatoms. The second-order valence-corrected chi connectivity index (χ2v) is 6.70. The van der Waals surface area contributed by atoms with E-state index in [0.717, 1.165) is 31.7 Å². The zero-order chi connectivity index (χ0) is 15.3. The first-order valence-electron chi connectivity index (χ1n) is 6.93. The van der Waals surface area contributed by atoms with Crippen LogP contribution in [-0.2, 0) is 7.05 Å². The third kappa shape index (κ3) is 2.21. The normalized spacial score (nSPS) is 11.4. The second kappa shape index (κ2) is 5.11. The topological polar surface area (TPSA) is 17.8 Å². The van der Waals surface area contributed by atoms with Gasteiger partial charge in [0.2, 0.25) is 0 Å². The first-order chi connectivity index (χ1) is 10.6. The molecule has 22 heavy (non-hydrogen) atoms. The van der Waals surface area contributed by atoms with Crippen LogP contribution in [0.5, 0.6) is 0 Å². The molecule has 2 nitrogen and oxygen atoms in total. The molecule has 2 aromatic heterocycles. The summed E-state index contributed by atoms with van der Waals surface area (Å²) >= 11 is 9.59. The molecule has 2 heterocycles. The molecule has 108 valence electrons. The molecule has 0 aliphatic rings. The SMILES string of the molecule is Cn1cc(-c2ccc3cc(Cl)ccc3n2)c2cc(Br)ccc21. The van der Waals surface area contributed by atoms with Gasteiger partial charge in [0.1, 0.15) is 0 Å². The fourth-order valence-corrected chi connectivity index (χ4v) is 3.36. The summed E-state index contributed by atoms with van der Waals surface area (Å²) in [6, 6.07) is 16.2. The molecule has 0 N–H and O–H groups in total. The van der Waals surface area contributed by atoms with Crippen molar-refractivity contribution in [2.24, 2.45) is 7.05 Å². The molecule has 0 saturated carbocycles. The summed E-state index contributed by atoms with van der Waals surface area (Å²) in [7, 11) is 2.06.